The van der Waals surface area contributed by atoms with Crippen molar-refractivity contribution in [3.8, 4) is 5.75 Å². The third kappa shape index (κ3) is 3.20. The van der Waals surface area contributed by atoms with Gasteiger partial charge in [0.05, 0.1) is 6.10 Å². The number of phenols is 1. The van der Waals surface area contributed by atoms with Crippen molar-refractivity contribution in [3.63, 3.8) is 0 Å². The number of carbonyl (C=O) groups excluding carboxylic acids is 1. The number of aromatic hydroxyl groups is 1. The van der Waals surface area contributed by atoms with Crippen molar-refractivity contribution < 1.29 is 15.0 Å². The van der Waals surface area contributed by atoms with Crippen molar-refractivity contribution in [1.82, 2.24) is 5.32 Å². The Kier molecular flexibility index (Phi) is 3.64. The predicted molar refractivity (Wildman–Crippen MR) is 63.8 cm³/mol. The molecule has 1 saturated carbocycles. The molecule has 1 aliphatic carbocycles. The minimum atomic E-state index is -0.203. The van der Waals surface area contributed by atoms with E-state index in [2.05, 4.69) is 5.32 Å². The Morgan fingerprint density at radius 3 is 2.59 bits per heavy atom. The van der Waals surface area contributed by atoms with Crippen LogP contribution in [-0.4, -0.2) is 28.8 Å². The molecule has 0 aromatic heterocycles. The van der Waals surface area contributed by atoms with Crippen LogP contribution in [-0.2, 0) is 0 Å². The molecule has 0 aliphatic heterocycles. The van der Waals surface area contributed by atoms with Crippen LogP contribution in [0.15, 0.2) is 24.3 Å². The molecule has 1 amide bonds. The topological polar surface area (TPSA) is 69.6 Å². The van der Waals surface area contributed by atoms with Gasteiger partial charge in [0.1, 0.15) is 5.75 Å². The van der Waals surface area contributed by atoms with Crippen LogP contribution in [0.2, 0.25) is 0 Å². The maximum atomic E-state index is 11.7. The molecule has 17 heavy (non-hydrogen) atoms. The van der Waals surface area contributed by atoms with E-state index in [4.69, 9.17) is 5.11 Å². The highest BCUT2D eigenvalue weighted by Gasteiger charge is 2.22. The first-order valence-electron chi connectivity index (χ1n) is 5.90. The lowest BCUT2D eigenvalue weighted by Gasteiger charge is -2.10. The second-order valence-electron chi connectivity index (χ2n) is 4.59. The summed E-state index contributed by atoms with van der Waals surface area (Å²) < 4.78 is 0. The van der Waals surface area contributed by atoms with Gasteiger partial charge in [0, 0.05) is 12.1 Å². The van der Waals surface area contributed by atoms with Gasteiger partial charge in [0.2, 0.25) is 0 Å². The number of amides is 1. The van der Waals surface area contributed by atoms with Gasteiger partial charge in [0.15, 0.2) is 0 Å². The summed E-state index contributed by atoms with van der Waals surface area (Å²) in [6.45, 7) is 0.608. The average molecular weight is 235 g/mol. The third-order valence-electron chi connectivity index (χ3n) is 3.19. The van der Waals surface area contributed by atoms with E-state index in [1.54, 1.807) is 12.1 Å². The fourth-order valence-electron chi connectivity index (χ4n) is 2.19. The molecular formula is C13H17NO3. The van der Waals surface area contributed by atoms with Crippen LogP contribution in [0.5, 0.6) is 5.75 Å². The zero-order valence-electron chi connectivity index (χ0n) is 9.60. The second kappa shape index (κ2) is 5.19. The molecule has 2 unspecified atom stereocenters. The average Bonchev–Trinajstić information content (AvgIpc) is 2.73. The highest BCUT2D eigenvalue weighted by Crippen LogP contribution is 2.24. The molecule has 1 aromatic carbocycles. The van der Waals surface area contributed by atoms with E-state index in [1.165, 1.54) is 12.1 Å². The molecule has 2 rings (SSSR count). The summed E-state index contributed by atoms with van der Waals surface area (Å²) in [5, 5.41) is 21.3. The van der Waals surface area contributed by atoms with Crippen molar-refractivity contribution in [2.24, 2.45) is 5.92 Å². The lowest BCUT2D eigenvalue weighted by molar-refractivity contribution is 0.0945. The van der Waals surface area contributed by atoms with Gasteiger partial charge in [-0.3, -0.25) is 4.79 Å². The number of nitrogens with one attached hydrogen (secondary N) is 1. The Bertz CT molecular complexity index is 388. The molecule has 1 aromatic rings. The number of aliphatic hydroxyl groups is 1. The monoisotopic (exact) mass is 235 g/mol. The van der Waals surface area contributed by atoms with E-state index in [1.807, 2.05) is 0 Å². The Labute approximate surface area is 100 Å². The van der Waals surface area contributed by atoms with Crippen LogP contribution in [0.1, 0.15) is 29.6 Å². The summed E-state index contributed by atoms with van der Waals surface area (Å²) in [7, 11) is 0. The summed E-state index contributed by atoms with van der Waals surface area (Å²) in [5.74, 6) is 0.401. The van der Waals surface area contributed by atoms with Crippen LogP contribution < -0.4 is 5.32 Å². The Balaban J connectivity index is 1.83. The largest absolute Gasteiger partial charge is 0.508 e. The Hall–Kier alpha value is -1.55. The van der Waals surface area contributed by atoms with Crippen LogP contribution in [0.3, 0.4) is 0 Å². The van der Waals surface area contributed by atoms with Gasteiger partial charge in [-0.1, -0.05) is 0 Å². The van der Waals surface area contributed by atoms with E-state index in [9.17, 15) is 9.90 Å². The molecule has 4 heteroatoms. The molecule has 92 valence electrons. The second-order valence-corrected chi connectivity index (χ2v) is 4.59. The maximum absolute atomic E-state index is 11.7. The van der Waals surface area contributed by atoms with Crippen molar-refractivity contribution in [1.29, 1.82) is 0 Å². The van der Waals surface area contributed by atoms with Crippen LogP contribution in [0.25, 0.3) is 0 Å². The van der Waals surface area contributed by atoms with Gasteiger partial charge < -0.3 is 15.5 Å². The number of rotatable bonds is 3. The highest BCUT2D eigenvalue weighted by atomic mass is 16.3. The normalized spacial score (nSPS) is 23.6. The van der Waals surface area contributed by atoms with Gasteiger partial charge in [-0.2, -0.15) is 0 Å². The zero-order valence-corrected chi connectivity index (χ0v) is 9.60. The van der Waals surface area contributed by atoms with Crippen molar-refractivity contribution >= 4 is 5.91 Å². The van der Waals surface area contributed by atoms with Gasteiger partial charge in [-0.15, -0.1) is 0 Å². The molecule has 1 fully saturated rings. The number of phenolic OH excluding ortho intramolecular Hbond substituents is 1. The quantitative estimate of drug-likeness (QED) is 0.739. The van der Waals surface area contributed by atoms with Gasteiger partial charge in [-0.25, -0.2) is 0 Å². The molecule has 1 aliphatic rings. The summed E-state index contributed by atoms with van der Waals surface area (Å²) in [5.41, 5.74) is 0.543. The Morgan fingerprint density at radius 2 is 2.00 bits per heavy atom. The molecule has 0 spiro atoms. The first-order valence-corrected chi connectivity index (χ1v) is 5.90. The molecule has 0 heterocycles. The van der Waals surface area contributed by atoms with Gasteiger partial charge in [0.25, 0.3) is 5.91 Å². The molecule has 0 radical (unpaired) electrons. The highest BCUT2D eigenvalue weighted by molar-refractivity contribution is 5.94. The van der Waals surface area contributed by atoms with E-state index in [0.717, 1.165) is 19.3 Å². The first kappa shape index (κ1) is 11.9. The Morgan fingerprint density at radius 1 is 1.29 bits per heavy atom. The van der Waals surface area contributed by atoms with Gasteiger partial charge >= 0.3 is 0 Å². The number of hydrogen-bond acceptors (Lipinski definition) is 3. The minimum Gasteiger partial charge on any atom is -0.508 e. The predicted octanol–water partition coefficient (Wildman–Crippen LogP) is 1.28. The van der Waals surface area contributed by atoms with Crippen molar-refractivity contribution in [2.75, 3.05) is 6.54 Å². The fraction of sp³-hybridized carbons (Fsp3) is 0.462. The van der Waals surface area contributed by atoms with E-state index >= 15 is 0 Å². The molecule has 0 saturated heterocycles. The lowest BCUT2D eigenvalue weighted by atomic mass is 10.1. The fourth-order valence-corrected chi connectivity index (χ4v) is 2.19. The summed E-state index contributed by atoms with van der Waals surface area (Å²) >= 11 is 0. The van der Waals surface area contributed by atoms with Crippen molar-refractivity contribution in [2.45, 2.75) is 25.4 Å². The van der Waals surface area contributed by atoms with E-state index in [0.29, 0.717) is 18.0 Å². The standard InChI is InChI=1S/C13H17NO3/c15-11-5-2-10(3-6-11)13(17)14-8-9-1-4-12(16)7-9/h2-3,5-6,9,12,15-16H,1,4,7-8H2,(H,14,17). The smallest absolute Gasteiger partial charge is 0.251 e. The summed E-state index contributed by atoms with van der Waals surface area (Å²) in [6, 6.07) is 6.17. The minimum absolute atomic E-state index is 0.133. The summed E-state index contributed by atoms with van der Waals surface area (Å²) in [4.78, 5) is 11.7. The number of benzene rings is 1. The van der Waals surface area contributed by atoms with E-state index < -0.39 is 0 Å². The molecule has 0 bridgehead atoms. The number of aliphatic hydroxyl groups excluding tert-OH is 1. The SMILES string of the molecule is O=C(NCC1CCC(O)C1)c1ccc(O)cc1. The summed E-state index contributed by atoms with van der Waals surface area (Å²) in [6.07, 6.45) is 2.37. The molecule has 2 atom stereocenters. The lowest BCUT2D eigenvalue weighted by Crippen LogP contribution is -2.28. The molecule has 3 N–H and O–H groups in total. The number of hydrogen-bond donors (Lipinski definition) is 3. The maximum Gasteiger partial charge on any atom is 0.251 e. The van der Waals surface area contributed by atoms with Gasteiger partial charge in [-0.05, 0) is 49.4 Å². The van der Waals surface area contributed by atoms with Crippen molar-refractivity contribution in [3.05, 3.63) is 29.8 Å². The molecular weight excluding hydrogens is 218 g/mol. The van der Waals surface area contributed by atoms with Crippen LogP contribution in [0, 0.1) is 5.92 Å². The van der Waals surface area contributed by atoms with Crippen LogP contribution >= 0.6 is 0 Å². The molecule has 4 nitrogen and oxygen atoms in total. The zero-order chi connectivity index (χ0) is 12.3. The van der Waals surface area contributed by atoms with E-state index in [-0.39, 0.29) is 17.8 Å². The third-order valence-corrected chi connectivity index (χ3v) is 3.19. The number of carbonyl (C=O) groups is 1. The first-order chi connectivity index (χ1) is 8.15. The van der Waals surface area contributed by atoms with Crippen LogP contribution in [0.4, 0.5) is 0 Å².